The van der Waals surface area contributed by atoms with Crippen LogP contribution in [0.4, 0.5) is 0 Å². The highest BCUT2D eigenvalue weighted by Crippen LogP contribution is 2.13. The van der Waals surface area contributed by atoms with Crippen molar-refractivity contribution in [1.82, 2.24) is 20.0 Å². The van der Waals surface area contributed by atoms with Gasteiger partial charge in [0.05, 0.1) is 5.56 Å². The first-order valence-electron chi connectivity index (χ1n) is 7.80. The summed E-state index contributed by atoms with van der Waals surface area (Å²) >= 11 is 0. The molecule has 124 valence electrons. The van der Waals surface area contributed by atoms with Gasteiger partial charge in [-0.2, -0.15) is 4.98 Å². The molecule has 23 heavy (non-hydrogen) atoms. The Morgan fingerprint density at radius 2 is 2.17 bits per heavy atom. The van der Waals surface area contributed by atoms with Crippen molar-refractivity contribution in [1.29, 1.82) is 0 Å². The van der Waals surface area contributed by atoms with E-state index in [9.17, 15) is 9.59 Å². The molecule has 2 aromatic rings. The average Bonchev–Trinajstić information content (AvgIpc) is 2.99. The van der Waals surface area contributed by atoms with Crippen LogP contribution in [0.3, 0.4) is 0 Å². The predicted molar refractivity (Wildman–Crippen MR) is 86.0 cm³/mol. The summed E-state index contributed by atoms with van der Waals surface area (Å²) in [4.78, 5) is 28.0. The number of rotatable bonds is 7. The van der Waals surface area contributed by atoms with Crippen molar-refractivity contribution >= 4 is 5.91 Å². The number of hydrogen-bond donors (Lipinski definition) is 1. The highest BCUT2D eigenvalue weighted by Gasteiger charge is 2.14. The topological polar surface area (TPSA) is 90.0 Å². The number of pyridine rings is 1. The van der Waals surface area contributed by atoms with Crippen molar-refractivity contribution in [3.8, 4) is 11.4 Å². The molecular formula is C16H22N4O3. The van der Waals surface area contributed by atoms with Gasteiger partial charge in [0.1, 0.15) is 0 Å². The molecule has 0 aliphatic heterocycles. The molecule has 0 aliphatic carbocycles. The quantitative estimate of drug-likeness (QED) is 0.839. The summed E-state index contributed by atoms with van der Waals surface area (Å²) in [7, 11) is 1.60. The third kappa shape index (κ3) is 4.06. The molecule has 0 bridgehead atoms. The molecule has 0 aromatic carbocycles. The van der Waals surface area contributed by atoms with Crippen molar-refractivity contribution < 1.29 is 9.32 Å². The lowest BCUT2D eigenvalue weighted by Crippen LogP contribution is -2.23. The molecule has 7 heteroatoms. The van der Waals surface area contributed by atoms with E-state index in [1.807, 2.05) is 19.9 Å². The molecule has 1 N–H and O–H groups in total. The second kappa shape index (κ2) is 7.71. The van der Waals surface area contributed by atoms with Crippen LogP contribution in [0.2, 0.25) is 0 Å². The molecule has 0 unspecified atom stereocenters. The molecule has 2 aromatic heterocycles. The van der Waals surface area contributed by atoms with E-state index in [2.05, 4.69) is 15.5 Å². The lowest BCUT2D eigenvalue weighted by Gasteiger charge is -2.09. The van der Waals surface area contributed by atoms with Crippen LogP contribution >= 0.6 is 0 Å². The molecule has 7 nitrogen and oxygen atoms in total. The minimum absolute atomic E-state index is 0.0225. The average molecular weight is 318 g/mol. The first-order chi connectivity index (χ1) is 11.1. The standard InChI is InChI=1S/C16H22N4O3/c1-4-10-20-11(2)8-9-12(16(20)22)15-18-14(23-19-15)7-5-6-13(21)17-3/h8-9H,4-7,10H2,1-3H3,(H,17,21). The molecule has 0 radical (unpaired) electrons. The highest BCUT2D eigenvalue weighted by molar-refractivity contribution is 5.75. The van der Waals surface area contributed by atoms with Gasteiger partial charge in [-0.25, -0.2) is 0 Å². The van der Waals surface area contributed by atoms with Crippen LogP contribution in [0, 0.1) is 6.92 Å². The second-order valence-corrected chi connectivity index (χ2v) is 5.38. The summed E-state index contributed by atoms with van der Waals surface area (Å²) in [5.41, 5.74) is 1.24. The fraction of sp³-hybridized carbons (Fsp3) is 0.500. The van der Waals surface area contributed by atoms with E-state index < -0.39 is 0 Å². The van der Waals surface area contributed by atoms with Gasteiger partial charge in [0.2, 0.25) is 17.6 Å². The minimum Gasteiger partial charge on any atom is -0.359 e. The zero-order chi connectivity index (χ0) is 16.8. The normalized spacial score (nSPS) is 10.7. The SMILES string of the molecule is CCCn1c(C)ccc(-c2noc(CCCC(=O)NC)n2)c1=O. The Kier molecular flexibility index (Phi) is 5.67. The first kappa shape index (κ1) is 16.9. The van der Waals surface area contributed by atoms with Crippen LogP contribution in [-0.4, -0.2) is 27.7 Å². The number of aryl methyl sites for hydroxylation is 2. The number of aromatic nitrogens is 3. The van der Waals surface area contributed by atoms with Crippen LogP contribution in [-0.2, 0) is 17.8 Å². The largest absolute Gasteiger partial charge is 0.359 e. The molecule has 0 spiro atoms. The third-order valence-corrected chi connectivity index (χ3v) is 3.62. The molecule has 0 saturated heterocycles. The second-order valence-electron chi connectivity index (χ2n) is 5.38. The third-order valence-electron chi connectivity index (χ3n) is 3.62. The van der Waals surface area contributed by atoms with Gasteiger partial charge in [0.25, 0.3) is 5.56 Å². The van der Waals surface area contributed by atoms with Crippen LogP contribution in [0.25, 0.3) is 11.4 Å². The zero-order valence-corrected chi connectivity index (χ0v) is 13.8. The lowest BCUT2D eigenvalue weighted by atomic mass is 10.2. The summed E-state index contributed by atoms with van der Waals surface area (Å²) in [5.74, 6) is 0.714. The number of amides is 1. The Labute approximate surface area is 134 Å². The van der Waals surface area contributed by atoms with Gasteiger partial charge in [0, 0.05) is 32.1 Å². The number of carbonyl (C=O) groups excluding carboxylic acids is 1. The molecule has 0 saturated carbocycles. The number of nitrogens with zero attached hydrogens (tertiary/aromatic N) is 3. The van der Waals surface area contributed by atoms with E-state index in [0.29, 0.717) is 43.1 Å². The van der Waals surface area contributed by atoms with Crippen LogP contribution in [0.5, 0.6) is 0 Å². The van der Waals surface area contributed by atoms with Gasteiger partial charge in [0.15, 0.2) is 0 Å². The summed E-state index contributed by atoms with van der Waals surface area (Å²) in [6.07, 6.45) is 2.41. The van der Waals surface area contributed by atoms with Crippen LogP contribution < -0.4 is 10.9 Å². The van der Waals surface area contributed by atoms with Crippen molar-refractivity contribution in [2.45, 2.75) is 46.1 Å². The van der Waals surface area contributed by atoms with Crippen molar-refractivity contribution in [2.24, 2.45) is 0 Å². The van der Waals surface area contributed by atoms with Gasteiger partial charge >= 0.3 is 0 Å². The van der Waals surface area contributed by atoms with Crippen LogP contribution in [0.1, 0.15) is 37.8 Å². The molecule has 0 fully saturated rings. The Morgan fingerprint density at radius 1 is 1.39 bits per heavy atom. The molecule has 2 heterocycles. The molecule has 0 atom stereocenters. The van der Waals surface area contributed by atoms with E-state index in [1.165, 1.54) is 0 Å². The maximum atomic E-state index is 12.5. The number of hydrogen-bond acceptors (Lipinski definition) is 5. The van der Waals surface area contributed by atoms with E-state index in [4.69, 9.17) is 4.52 Å². The lowest BCUT2D eigenvalue weighted by molar-refractivity contribution is -0.120. The number of carbonyl (C=O) groups is 1. The fourth-order valence-electron chi connectivity index (χ4n) is 2.33. The Balaban J connectivity index is 2.16. The Morgan fingerprint density at radius 3 is 2.87 bits per heavy atom. The smallest absolute Gasteiger partial charge is 0.261 e. The Bertz CT molecular complexity index is 733. The van der Waals surface area contributed by atoms with E-state index in [1.54, 1.807) is 17.7 Å². The maximum absolute atomic E-state index is 12.5. The van der Waals surface area contributed by atoms with Gasteiger partial charge < -0.3 is 14.4 Å². The first-order valence-corrected chi connectivity index (χ1v) is 7.80. The molecule has 0 aliphatic rings. The van der Waals surface area contributed by atoms with Crippen LogP contribution in [0.15, 0.2) is 21.5 Å². The zero-order valence-electron chi connectivity index (χ0n) is 13.8. The molecule has 1 amide bonds. The van der Waals surface area contributed by atoms with Gasteiger partial charge in [-0.15, -0.1) is 0 Å². The van der Waals surface area contributed by atoms with E-state index >= 15 is 0 Å². The van der Waals surface area contributed by atoms with Crippen molar-refractivity contribution in [3.05, 3.63) is 34.1 Å². The summed E-state index contributed by atoms with van der Waals surface area (Å²) in [6.45, 7) is 4.59. The molecule has 2 rings (SSSR count). The van der Waals surface area contributed by atoms with E-state index in [-0.39, 0.29) is 11.5 Å². The monoisotopic (exact) mass is 318 g/mol. The number of nitrogens with one attached hydrogen (secondary N) is 1. The summed E-state index contributed by atoms with van der Waals surface area (Å²) in [6, 6.07) is 3.61. The molecular weight excluding hydrogens is 296 g/mol. The minimum atomic E-state index is -0.107. The van der Waals surface area contributed by atoms with E-state index in [0.717, 1.165) is 12.1 Å². The van der Waals surface area contributed by atoms with Gasteiger partial charge in [-0.1, -0.05) is 12.1 Å². The van der Waals surface area contributed by atoms with Crippen molar-refractivity contribution in [3.63, 3.8) is 0 Å². The van der Waals surface area contributed by atoms with Crippen molar-refractivity contribution in [2.75, 3.05) is 7.05 Å². The highest BCUT2D eigenvalue weighted by atomic mass is 16.5. The Hall–Kier alpha value is -2.44. The fourth-order valence-corrected chi connectivity index (χ4v) is 2.33. The maximum Gasteiger partial charge on any atom is 0.261 e. The summed E-state index contributed by atoms with van der Waals surface area (Å²) in [5, 5.41) is 6.46. The predicted octanol–water partition coefficient (Wildman–Crippen LogP) is 1.69. The van der Waals surface area contributed by atoms with Gasteiger partial charge in [-0.3, -0.25) is 9.59 Å². The summed E-state index contributed by atoms with van der Waals surface area (Å²) < 4.78 is 6.90. The van der Waals surface area contributed by atoms with Gasteiger partial charge in [-0.05, 0) is 31.9 Å².